The quantitative estimate of drug-likeness (QED) is 0.758. The van der Waals surface area contributed by atoms with E-state index in [1.807, 2.05) is 10.6 Å². The average molecular weight is 309 g/mol. The highest BCUT2D eigenvalue weighted by Crippen LogP contribution is 2.28. The summed E-state index contributed by atoms with van der Waals surface area (Å²) in [6, 6.07) is 8.22. The monoisotopic (exact) mass is 309 g/mol. The van der Waals surface area contributed by atoms with Gasteiger partial charge in [0.2, 0.25) is 5.91 Å². The van der Waals surface area contributed by atoms with Gasteiger partial charge in [0.05, 0.1) is 6.20 Å². The number of hydrogen-bond acceptors (Lipinski definition) is 4. The normalized spacial score (nSPS) is 10.7. The molecule has 2 N–H and O–H groups in total. The van der Waals surface area contributed by atoms with Crippen LogP contribution in [0, 0.1) is 6.92 Å². The zero-order valence-electron chi connectivity index (χ0n) is 13.2. The number of carbonyl (C=O) groups is 1. The van der Waals surface area contributed by atoms with Gasteiger partial charge in [0.15, 0.2) is 5.65 Å². The summed E-state index contributed by atoms with van der Waals surface area (Å²) in [7, 11) is 1.64. The van der Waals surface area contributed by atoms with Crippen LogP contribution in [0.5, 0.6) is 0 Å². The summed E-state index contributed by atoms with van der Waals surface area (Å²) in [5.41, 5.74) is 3.86. The van der Waals surface area contributed by atoms with E-state index in [1.165, 1.54) is 5.56 Å². The van der Waals surface area contributed by atoms with Gasteiger partial charge in [-0.3, -0.25) is 14.2 Å². The smallest absolute Gasteiger partial charge is 0.221 e. The standard InChI is InChI=1S/C17H19N5O/c1-12-3-5-13(6-4-12)16-17(20-8-7-15(23)18-2)22-10-9-19-11-14(22)21-16/h3-6,9-11,20H,7-8H2,1-2H3,(H,18,23). The van der Waals surface area contributed by atoms with E-state index in [0.29, 0.717) is 13.0 Å². The zero-order chi connectivity index (χ0) is 16.2. The van der Waals surface area contributed by atoms with Crippen LogP contribution in [0.15, 0.2) is 42.9 Å². The Balaban J connectivity index is 1.97. The topological polar surface area (TPSA) is 71.3 Å². The molecule has 1 aromatic carbocycles. The first-order valence-electron chi connectivity index (χ1n) is 7.52. The maximum absolute atomic E-state index is 11.4. The first-order chi connectivity index (χ1) is 11.2. The number of nitrogens with one attached hydrogen (secondary N) is 2. The maximum Gasteiger partial charge on any atom is 0.221 e. The van der Waals surface area contributed by atoms with Gasteiger partial charge in [0, 0.05) is 38.0 Å². The Morgan fingerprint density at radius 2 is 2.04 bits per heavy atom. The van der Waals surface area contributed by atoms with Crippen LogP contribution >= 0.6 is 0 Å². The molecule has 23 heavy (non-hydrogen) atoms. The molecule has 6 heteroatoms. The molecule has 0 aliphatic heterocycles. The molecule has 0 radical (unpaired) electrons. The molecule has 0 saturated carbocycles. The SMILES string of the molecule is CNC(=O)CCNc1c(-c2ccc(C)cc2)nc2cnccn12. The van der Waals surface area contributed by atoms with Crippen LogP contribution in [0.2, 0.25) is 0 Å². The lowest BCUT2D eigenvalue weighted by Crippen LogP contribution is -2.21. The van der Waals surface area contributed by atoms with E-state index in [4.69, 9.17) is 0 Å². The minimum atomic E-state index is 0.00451. The number of anilines is 1. The molecular formula is C17H19N5O. The number of imidazole rings is 1. The van der Waals surface area contributed by atoms with Crippen LogP contribution in [0.25, 0.3) is 16.9 Å². The molecule has 0 atom stereocenters. The largest absolute Gasteiger partial charge is 0.369 e. The first kappa shape index (κ1) is 15.0. The molecule has 2 heterocycles. The Hall–Kier alpha value is -2.89. The molecule has 0 fully saturated rings. The summed E-state index contributed by atoms with van der Waals surface area (Å²) in [6.07, 6.45) is 5.71. The predicted molar refractivity (Wildman–Crippen MR) is 90.3 cm³/mol. The van der Waals surface area contributed by atoms with Crippen molar-refractivity contribution < 1.29 is 4.79 Å². The van der Waals surface area contributed by atoms with E-state index in [0.717, 1.165) is 22.7 Å². The molecule has 0 saturated heterocycles. The van der Waals surface area contributed by atoms with Gasteiger partial charge in [-0.2, -0.15) is 0 Å². The van der Waals surface area contributed by atoms with E-state index < -0.39 is 0 Å². The van der Waals surface area contributed by atoms with Crippen molar-refractivity contribution in [2.45, 2.75) is 13.3 Å². The van der Waals surface area contributed by atoms with Gasteiger partial charge >= 0.3 is 0 Å². The van der Waals surface area contributed by atoms with Crippen molar-refractivity contribution in [1.82, 2.24) is 19.7 Å². The molecule has 3 rings (SSSR count). The summed E-state index contributed by atoms with van der Waals surface area (Å²) in [5, 5.41) is 5.95. The number of hydrogen-bond donors (Lipinski definition) is 2. The first-order valence-corrected chi connectivity index (χ1v) is 7.52. The zero-order valence-corrected chi connectivity index (χ0v) is 13.2. The van der Waals surface area contributed by atoms with Gasteiger partial charge in [-0.15, -0.1) is 0 Å². The van der Waals surface area contributed by atoms with Crippen molar-refractivity contribution >= 4 is 17.4 Å². The lowest BCUT2D eigenvalue weighted by Gasteiger charge is -2.08. The van der Waals surface area contributed by atoms with Gasteiger partial charge in [0.25, 0.3) is 0 Å². The van der Waals surface area contributed by atoms with Crippen molar-refractivity contribution in [2.24, 2.45) is 0 Å². The van der Waals surface area contributed by atoms with Crippen molar-refractivity contribution in [3.63, 3.8) is 0 Å². The molecule has 1 amide bonds. The summed E-state index contributed by atoms with van der Waals surface area (Å²) >= 11 is 0. The van der Waals surface area contributed by atoms with Crippen LogP contribution in [-0.2, 0) is 4.79 Å². The van der Waals surface area contributed by atoms with E-state index in [1.54, 1.807) is 19.4 Å². The lowest BCUT2D eigenvalue weighted by molar-refractivity contribution is -0.120. The van der Waals surface area contributed by atoms with E-state index in [9.17, 15) is 4.79 Å². The molecule has 3 aromatic rings. The van der Waals surface area contributed by atoms with Crippen LogP contribution in [-0.4, -0.2) is 33.9 Å². The minimum absolute atomic E-state index is 0.00451. The van der Waals surface area contributed by atoms with Crippen molar-refractivity contribution in [3.8, 4) is 11.3 Å². The number of amides is 1. The predicted octanol–water partition coefficient (Wildman–Crippen LogP) is 2.25. The Kier molecular flexibility index (Phi) is 4.23. The fourth-order valence-electron chi connectivity index (χ4n) is 2.41. The fraction of sp³-hybridized carbons (Fsp3) is 0.235. The molecule has 2 aromatic heterocycles. The Bertz CT molecular complexity index is 823. The molecule has 0 aliphatic carbocycles. The van der Waals surface area contributed by atoms with Gasteiger partial charge in [0.1, 0.15) is 11.5 Å². The number of aromatic nitrogens is 3. The number of nitrogens with zero attached hydrogens (tertiary/aromatic N) is 3. The fourth-order valence-corrected chi connectivity index (χ4v) is 2.41. The van der Waals surface area contributed by atoms with Gasteiger partial charge in [-0.1, -0.05) is 29.8 Å². The van der Waals surface area contributed by atoms with E-state index in [2.05, 4.69) is 51.8 Å². The molecular weight excluding hydrogens is 290 g/mol. The van der Waals surface area contributed by atoms with Crippen LogP contribution < -0.4 is 10.6 Å². The maximum atomic E-state index is 11.4. The summed E-state index contributed by atoms with van der Waals surface area (Å²) in [5.74, 6) is 0.875. The second kappa shape index (κ2) is 6.48. The molecule has 0 spiro atoms. The third-order valence-electron chi connectivity index (χ3n) is 3.68. The third-order valence-corrected chi connectivity index (χ3v) is 3.68. The summed E-state index contributed by atoms with van der Waals surface area (Å²) in [4.78, 5) is 20.2. The van der Waals surface area contributed by atoms with Crippen LogP contribution in [0.1, 0.15) is 12.0 Å². The number of fused-ring (bicyclic) bond motifs is 1. The van der Waals surface area contributed by atoms with Crippen molar-refractivity contribution in [3.05, 3.63) is 48.4 Å². The number of benzene rings is 1. The second-order valence-electron chi connectivity index (χ2n) is 5.33. The highest BCUT2D eigenvalue weighted by atomic mass is 16.1. The molecule has 6 nitrogen and oxygen atoms in total. The lowest BCUT2D eigenvalue weighted by atomic mass is 10.1. The van der Waals surface area contributed by atoms with Crippen LogP contribution in [0.4, 0.5) is 5.82 Å². The van der Waals surface area contributed by atoms with Gasteiger partial charge in [-0.25, -0.2) is 4.98 Å². The summed E-state index contributed by atoms with van der Waals surface area (Å²) < 4.78 is 1.95. The van der Waals surface area contributed by atoms with Gasteiger partial charge in [-0.05, 0) is 6.92 Å². The Morgan fingerprint density at radius 1 is 1.26 bits per heavy atom. The summed E-state index contributed by atoms with van der Waals surface area (Å²) in [6.45, 7) is 2.59. The number of carbonyl (C=O) groups excluding carboxylic acids is 1. The van der Waals surface area contributed by atoms with E-state index >= 15 is 0 Å². The molecule has 118 valence electrons. The van der Waals surface area contributed by atoms with E-state index in [-0.39, 0.29) is 5.91 Å². The molecule has 0 aliphatic rings. The highest BCUT2D eigenvalue weighted by molar-refractivity contribution is 5.78. The number of rotatable bonds is 5. The minimum Gasteiger partial charge on any atom is -0.369 e. The Labute approximate surface area is 134 Å². The average Bonchev–Trinajstić information content (AvgIpc) is 2.94. The van der Waals surface area contributed by atoms with Crippen LogP contribution in [0.3, 0.4) is 0 Å². The highest BCUT2D eigenvalue weighted by Gasteiger charge is 2.14. The molecule has 0 unspecified atom stereocenters. The van der Waals surface area contributed by atoms with Crippen molar-refractivity contribution in [1.29, 1.82) is 0 Å². The third kappa shape index (κ3) is 3.15. The second-order valence-corrected chi connectivity index (χ2v) is 5.33. The Morgan fingerprint density at radius 3 is 2.78 bits per heavy atom. The molecule has 0 bridgehead atoms. The number of aryl methyl sites for hydroxylation is 1. The van der Waals surface area contributed by atoms with Gasteiger partial charge < -0.3 is 10.6 Å². The van der Waals surface area contributed by atoms with Crippen molar-refractivity contribution in [2.75, 3.05) is 18.9 Å².